The normalized spacial score (nSPS) is 16.9. The van der Waals surface area contributed by atoms with Gasteiger partial charge < -0.3 is 25.0 Å². The Morgan fingerprint density at radius 2 is 2.11 bits per heavy atom. The molecular formula is C20H34ClIN4O2. The minimum absolute atomic E-state index is 0. The molecule has 1 aliphatic heterocycles. The first-order chi connectivity index (χ1) is 13.1. The van der Waals surface area contributed by atoms with Gasteiger partial charge in [0.2, 0.25) is 0 Å². The molecule has 2 rings (SSSR count). The van der Waals surface area contributed by atoms with Crippen molar-refractivity contribution in [3.63, 3.8) is 0 Å². The van der Waals surface area contributed by atoms with Crippen molar-refractivity contribution in [3.05, 3.63) is 29.3 Å². The molecule has 0 spiro atoms. The van der Waals surface area contributed by atoms with Crippen LogP contribution in [0.2, 0.25) is 5.02 Å². The van der Waals surface area contributed by atoms with Crippen molar-refractivity contribution in [1.82, 2.24) is 15.5 Å². The van der Waals surface area contributed by atoms with Crippen LogP contribution < -0.4 is 15.4 Å². The fourth-order valence-electron chi connectivity index (χ4n) is 3.18. The van der Waals surface area contributed by atoms with Gasteiger partial charge in [-0.25, -0.2) is 0 Å². The molecular weight excluding hydrogens is 491 g/mol. The first-order valence-electron chi connectivity index (χ1n) is 9.71. The van der Waals surface area contributed by atoms with Gasteiger partial charge in [-0.05, 0) is 44.4 Å². The third-order valence-corrected chi connectivity index (χ3v) is 4.90. The lowest BCUT2D eigenvalue weighted by Crippen LogP contribution is -2.50. The van der Waals surface area contributed by atoms with Gasteiger partial charge >= 0.3 is 0 Å². The molecule has 1 saturated heterocycles. The summed E-state index contributed by atoms with van der Waals surface area (Å²) in [5.41, 5.74) is 0. The van der Waals surface area contributed by atoms with Crippen LogP contribution in [0.3, 0.4) is 0 Å². The maximum Gasteiger partial charge on any atom is 0.191 e. The van der Waals surface area contributed by atoms with Gasteiger partial charge in [0, 0.05) is 51.5 Å². The van der Waals surface area contributed by atoms with Crippen LogP contribution in [0.5, 0.6) is 5.75 Å². The molecule has 0 aromatic heterocycles. The van der Waals surface area contributed by atoms with Gasteiger partial charge in [0.05, 0.1) is 6.54 Å². The van der Waals surface area contributed by atoms with Gasteiger partial charge in [-0.3, -0.25) is 4.99 Å². The lowest BCUT2D eigenvalue weighted by atomic mass is 10.1. The van der Waals surface area contributed by atoms with Crippen molar-refractivity contribution >= 4 is 41.5 Å². The second kappa shape index (κ2) is 14.3. The van der Waals surface area contributed by atoms with E-state index in [1.165, 1.54) is 0 Å². The molecule has 0 amide bonds. The average Bonchev–Trinajstić information content (AvgIpc) is 2.66. The standard InChI is InChI=1S/C20H33ClN4O2.HI/c1-16(27-19-7-4-6-17(21)14-19)15-23-20(22-2)24-18-8-11-25(12-9-18)10-5-13-26-3;/h4,6-7,14,16,18H,5,8-13,15H2,1-3H3,(H2,22,23,24);1H. The van der Waals surface area contributed by atoms with Crippen LogP contribution in [0, 0.1) is 0 Å². The van der Waals surface area contributed by atoms with Gasteiger partial charge in [0.1, 0.15) is 11.9 Å². The molecule has 0 aliphatic carbocycles. The summed E-state index contributed by atoms with van der Waals surface area (Å²) in [6.07, 6.45) is 3.36. The molecule has 1 heterocycles. The molecule has 0 bridgehead atoms. The lowest BCUT2D eigenvalue weighted by molar-refractivity contribution is 0.155. The Labute approximate surface area is 191 Å². The summed E-state index contributed by atoms with van der Waals surface area (Å²) in [6.45, 7) is 6.89. The van der Waals surface area contributed by atoms with Crippen molar-refractivity contribution < 1.29 is 9.47 Å². The fourth-order valence-corrected chi connectivity index (χ4v) is 3.36. The minimum Gasteiger partial charge on any atom is -0.489 e. The van der Waals surface area contributed by atoms with E-state index < -0.39 is 0 Å². The molecule has 160 valence electrons. The molecule has 1 fully saturated rings. The fraction of sp³-hybridized carbons (Fsp3) is 0.650. The number of guanidine groups is 1. The predicted molar refractivity (Wildman–Crippen MR) is 127 cm³/mol. The number of hydrogen-bond acceptors (Lipinski definition) is 4. The van der Waals surface area contributed by atoms with Crippen LogP contribution in [-0.2, 0) is 4.74 Å². The molecule has 6 nitrogen and oxygen atoms in total. The van der Waals surface area contributed by atoms with E-state index >= 15 is 0 Å². The Bertz CT molecular complexity index is 583. The van der Waals surface area contributed by atoms with E-state index in [-0.39, 0.29) is 30.1 Å². The Kier molecular flexibility index (Phi) is 12.9. The summed E-state index contributed by atoms with van der Waals surface area (Å²) in [7, 11) is 3.56. The van der Waals surface area contributed by atoms with Gasteiger partial charge in [-0.15, -0.1) is 24.0 Å². The number of piperidine rings is 1. The summed E-state index contributed by atoms with van der Waals surface area (Å²) in [5, 5.41) is 7.57. The highest BCUT2D eigenvalue weighted by Crippen LogP contribution is 2.18. The third-order valence-electron chi connectivity index (χ3n) is 4.67. The molecule has 28 heavy (non-hydrogen) atoms. The van der Waals surface area contributed by atoms with E-state index in [9.17, 15) is 0 Å². The summed E-state index contributed by atoms with van der Waals surface area (Å²) in [6, 6.07) is 7.92. The molecule has 0 radical (unpaired) electrons. The second-order valence-electron chi connectivity index (χ2n) is 6.95. The first kappa shape index (κ1) is 25.3. The van der Waals surface area contributed by atoms with Crippen LogP contribution in [0.4, 0.5) is 0 Å². The number of hydrogen-bond donors (Lipinski definition) is 2. The minimum atomic E-state index is 0. The predicted octanol–water partition coefficient (Wildman–Crippen LogP) is 3.39. The maximum absolute atomic E-state index is 6.00. The first-order valence-corrected chi connectivity index (χ1v) is 10.1. The summed E-state index contributed by atoms with van der Waals surface area (Å²) in [5.74, 6) is 1.61. The molecule has 1 unspecified atom stereocenters. The number of ether oxygens (including phenoxy) is 2. The molecule has 1 aromatic rings. The van der Waals surface area contributed by atoms with Gasteiger partial charge in [-0.1, -0.05) is 17.7 Å². The molecule has 0 saturated carbocycles. The van der Waals surface area contributed by atoms with E-state index in [2.05, 4.69) is 20.5 Å². The van der Waals surface area contributed by atoms with Crippen LogP contribution in [0.25, 0.3) is 0 Å². The summed E-state index contributed by atoms with van der Waals surface area (Å²) < 4.78 is 11.0. The topological polar surface area (TPSA) is 58.1 Å². The smallest absolute Gasteiger partial charge is 0.191 e. The second-order valence-corrected chi connectivity index (χ2v) is 7.38. The van der Waals surface area contributed by atoms with E-state index in [0.29, 0.717) is 17.6 Å². The van der Waals surface area contributed by atoms with Crippen LogP contribution in [-0.4, -0.2) is 69.9 Å². The highest BCUT2D eigenvalue weighted by atomic mass is 127. The Morgan fingerprint density at radius 3 is 2.75 bits per heavy atom. The lowest BCUT2D eigenvalue weighted by Gasteiger charge is -2.33. The number of nitrogens with one attached hydrogen (secondary N) is 2. The average molecular weight is 525 g/mol. The zero-order valence-electron chi connectivity index (χ0n) is 17.1. The van der Waals surface area contributed by atoms with Gasteiger partial charge in [0.25, 0.3) is 0 Å². The molecule has 1 atom stereocenters. The molecule has 8 heteroatoms. The zero-order valence-corrected chi connectivity index (χ0v) is 20.2. The SMILES string of the molecule is CN=C(NCC(C)Oc1cccc(Cl)c1)NC1CCN(CCCOC)CC1.I. The van der Waals surface area contributed by atoms with Crippen molar-refractivity contribution in [2.75, 3.05) is 46.9 Å². The number of rotatable bonds is 9. The third kappa shape index (κ3) is 9.62. The van der Waals surface area contributed by atoms with Crippen molar-refractivity contribution in [2.45, 2.75) is 38.3 Å². The van der Waals surface area contributed by atoms with E-state index in [0.717, 1.165) is 57.2 Å². The van der Waals surface area contributed by atoms with Crippen LogP contribution >= 0.6 is 35.6 Å². The number of aliphatic imine (C=N–C) groups is 1. The Balaban J connectivity index is 0.00000392. The molecule has 1 aromatic carbocycles. The van der Waals surface area contributed by atoms with E-state index in [4.69, 9.17) is 21.1 Å². The molecule has 2 N–H and O–H groups in total. The number of benzene rings is 1. The molecule has 1 aliphatic rings. The van der Waals surface area contributed by atoms with E-state index in [1.54, 1.807) is 14.2 Å². The van der Waals surface area contributed by atoms with Crippen molar-refractivity contribution in [1.29, 1.82) is 0 Å². The largest absolute Gasteiger partial charge is 0.489 e. The van der Waals surface area contributed by atoms with E-state index in [1.807, 2.05) is 31.2 Å². The number of nitrogens with zero attached hydrogens (tertiary/aromatic N) is 2. The van der Waals surface area contributed by atoms with Crippen molar-refractivity contribution in [2.24, 2.45) is 4.99 Å². The Morgan fingerprint density at radius 1 is 1.36 bits per heavy atom. The highest BCUT2D eigenvalue weighted by molar-refractivity contribution is 14.0. The van der Waals surface area contributed by atoms with Gasteiger partial charge in [0.15, 0.2) is 5.96 Å². The number of likely N-dealkylation sites (tertiary alicyclic amines) is 1. The zero-order chi connectivity index (χ0) is 19.5. The van der Waals surface area contributed by atoms with Crippen LogP contribution in [0.15, 0.2) is 29.3 Å². The number of halogens is 2. The summed E-state index contributed by atoms with van der Waals surface area (Å²) >= 11 is 6.00. The Hall–Kier alpha value is -0.770. The summed E-state index contributed by atoms with van der Waals surface area (Å²) in [4.78, 5) is 6.85. The monoisotopic (exact) mass is 524 g/mol. The van der Waals surface area contributed by atoms with Crippen molar-refractivity contribution in [3.8, 4) is 5.75 Å². The van der Waals surface area contributed by atoms with Crippen LogP contribution in [0.1, 0.15) is 26.2 Å². The highest BCUT2D eigenvalue weighted by Gasteiger charge is 2.19. The maximum atomic E-state index is 6.00. The van der Waals surface area contributed by atoms with Gasteiger partial charge in [-0.2, -0.15) is 0 Å². The number of methoxy groups -OCH3 is 1. The quantitative estimate of drug-likeness (QED) is 0.224.